The standard InChI is InChI=1S/C24H23N3O7/c1-23(26-2)13-8-10-6-11-15(12(28)7-9-4-3-5-27-17(9)11)18(29)14(10)20(31)24(13,34)21(32)16(19(23)30)22(25)33/h3-5,7,10,13,26,28-30,34H,6,8H2,1-2H3,(H2,25,33)/t10-,13-,23?,24-/m0/s1. The molecule has 5 rings (SSSR count). The Kier molecular flexibility index (Phi) is 4.46. The Bertz CT molecular complexity index is 1390. The van der Waals surface area contributed by atoms with Crippen molar-refractivity contribution in [3.05, 3.63) is 52.4 Å². The van der Waals surface area contributed by atoms with Crippen LogP contribution in [0, 0.1) is 11.8 Å². The number of amides is 1. The van der Waals surface area contributed by atoms with Crippen molar-refractivity contribution in [2.45, 2.75) is 30.9 Å². The summed E-state index contributed by atoms with van der Waals surface area (Å²) >= 11 is 0. The molecule has 1 aromatic heterocycles. The third-order valence-corrected chi connectivity index (χ3v) is 7.71. The van der Waals surface area contributed by atoms with Crippen molar-refractivity contribution in [3.63, 3.8) is 0 Å². The molecule has 10 heteroatoms. The SMILES string of the molecule is CNC1(C)C(O)=C(C(N)=O)C(=O)[C@@]2(O)C(=O)C3=C(O)c4c(O)cc5cccnc5c4C[C@H]3C[C@@H]12. The average Bonchev–Trinajstić information content (AvgIpc) is 2.79. The molecule has 1 unspecified atom stereocenters. The Labute approximate surface area is 193 Å². The van der Waals surface area contributed by atoms with Crippen molar-refractivity contribution < 1.29 is 34.8 Å². The number of aromatic nitrogens is 1. The maximum absolute atomic E-state index is 13.7. The van der Waals surface area contributed by atoms with Gasteiger partial charge in [0.05, 0.1) is 16.6 Å². The Balaban J connectivity index is 1.78. The molecule has 3 aliphatic rings. The summed E-state index contributed by atoms with van der Waals surface area (Å²) in [7, 11) is 1.46. The highest BCUT2D eigenvalue weighted by atomic mass is 16.3. The van der Waals surface area contributed by atoms with Crippen LogP contribution in [-0.4, -0.2) is 61.1 Å². The second-order valence-corrected chi connectivity index (χ2v) is 9.24. The number of rotatable bonds is 2. The predicted molar refractivity (Wildman–Crippen MR) is 120 cm³/mol. The van der Waals surface area contributed by atoms with Crippen LogP contribution in [0.4, 0.5) is 0 Å². The molecule has 2 aromatic rings. The number of phenols is 1. The molecule has 0 saturated heterocycles. The number of ketones is 2. The van der Waals surface area contributed by atoms with Crippen LogP contribution >= 0.6 is 0 Å². The molecule has 4 atom stereocenters. The minimum absolute atomic E-state index is 0.00420. The third-order valence-electron chi connectivity index (χ3n) is 7.71. The van der Waals surface area contributed by atoms with E-state index >= 15 is 0 Å². The lowest BCUT2D eigenvalue weighted by Crippen LogP contribution is -2.71. The number of phenolic OH excluding ortho intramolecular Hbond substituents is 1. The number of carbonyl (C=O) groups excluding carboxylic acids is 3. The van der Waals surface area contributed by atoms with Gasteiger partial charge in [-0.2, -0.15) is 0 Å². The van der Waals surface area contributed by atoms with Crippen LogP contribution in [0.25, 0.3) is 16.7 Å². The number of likely N-dealkylation sites (N-methyl/N-ethyl adjacent to an activating group) is 1. The van der Waals surface area contributed by atoms with Crippen LogP contribution in [0.1, 0.15) is 24.5 Å². The number of pyridine rings is 1. The lowest BCUT2D eigenvalue weighted by Gasteiger charge is -2.53. The van der Waals surface area contributed by atoms with Crippen LogP contribution in [0.2, 0.25) is 0 Å². The molecular formula is C24H23N3O7. The van der Waals surface area contributed by atoms with E-state index in [9.17, 15) is 34.8 Å². The van der Waals surface area contributed by atoms with Crippen molar-refractivity contribution in [2.24, 2.45) is 17.6 Å². The number of aliphatic hydroxyl groups excluding tert-OH is 2. The molecule has 0 aliphatic heterocycles. The van der Waals surface area contributed by atoms with Gasteiger partial charge in [-0.25, -0.2) is 0 Å². The first kappa shape index (κ1) is 22.1. The lowest BCUT2D eigenvalue weighted by molar-refractivity contribution is -0.163. The van der Waals surface area contributed by atoms with E-state index in [1.165, 1.54) is 20.0 Å². The lowest BCUT2D eigenvalue weighted by atomic mass is 9.53. The molecule has 1 heterocycles. The fourth-order valence-corrected chi connectivity index (χ4v) is 5.89. The van der Waals surface area contributed by atoms with Gasteiger partial charge in [0.1, 0.15) is 22.8 Å². The molecule has 34 heavy (non-hydrogen) atoms. The fourth-order valence-electron chi connectivity index (χ4n) is 5.89. The second-order valence-electron chi connectivity index (χ2n) is 9.24. The maximum atomic E-state index is 13.7. The van der Waals surface area contributed by atoms with E-state index in [0.29, 0.717) is 16.5 Å². The Morgan fingerprint density at radius 1 is 1.24 bits per heavy atom. The summed E-state index contributed by atoms with van der Waals surface area (Å²) in [6.07, 6.45) is 1.77. The number of carbonyl (C=O) groups is 3. The topological polar surface area (TPSA) is 183 Å². The van der Waals surface area contributed by atoms with Gasteiger partial charge in [-0.3, -0.25) is 19.4 Å². The van der Waals surface area contributed by atoms with Crippen molar-refractivity contribution in [2.75, 3.05) is 7.05 Å². The normalized spacial score (nSPS) is 30.8. The van der Waals surface area contributed by atoms with Gasteiger partial charge in [0.25, 0.3) is 5.91 Å². The van der Waals surface area contributed by atoms with Gasteiger partial charge >= 0.3 is 0 Å². The molecule has 1 amide bonds. The monoisotopic (exact) mass is 465 g/mol. The summed E-state index contributed by atoms with van der Waals surface area (Å²) in [5, 5.41) is 47.7. The number of hydrogen-bond donors (Lipinski definition) is 6. The van der Waals surface area contributed by atoms with Gasteiger partial charge in [-0.05, 0) is 50.4 Å². The highest BCUT2D eigenvalue weighted by molar-refractivity contribution is 6.33. The smallest absolute Gasteiger partial charge is 0.255 e. The highest BCUT2D eigenvalue weighted by Crippen LogP contribution is 2.54. The molecule has 10 nitrogen and oxygen atoms in total. The third kappa shape index (κ3) is 2.46. The van der Waals surface area contributed by atoms with E-state index in [1.54, 1.807) is 18.3 Å². The molecule has 3 aliphatic carbocycles. The number of nitrogens with one attached hydrogen (secondary N) is 1. The van der Waals surface area contributed by atoms with Gasteiger partial charge in [-0.15, -0.1) is 0 Å². The number of aromatic hydroxyl groups is 1. The quantitative estimate of drug-likeness (QED) is 0.272. The van der Waals surface area contributed by atoms with Gasteiger partial charge in [-0.1, -0.05) is 6.07 Å². The summed E-state index contributed by atoms with van der Waals surface area (Å²) in [6, 6.07) is 4.88. The van der Waals surface area contributed by atoms with Crippen LogP contribution in [0.15, 0.2) is 41.3 Å². The maximum Gasteiger partial charge on any atom is 0.255 e. The highest BCUT2D eigenvalue weighted by Gasteiger charge is 2.67. The van der Waals surface area contributed by atoms with E-state index < -0.39 is 57.5 Å². The zero-order valence-electron chi connectivity index (χ0n) is 18.4. The Hall–Kier alpha value is -3.76. The van der Waals surface area contributed by atoms with Gasteiger partial charge in [0.15, 0.2) is 5.60 Å². The average molecular weight is 465 g/mol. The summed E-state index contributed by atoms with van der Waals surface area (Å²) in [5.41, 5.74) is 1.04. The molecule has 7 N–H and O–H groups in total. The Morgan fingerprint density at radius 2 is 1.94 bits per heavy atom. The zero-order chi connectivity index (χ0) is 24.7. The van der Waals surface area contributed by atoms with E-state index in [4.69, 9.17) is 5.73 Å². The van der Waals surface area contributed by atoms with Crippen LogP contribution < -0.4 is 11.1 Å². The Morgan fingerprint density at radius 3 is 2.59 bits per heavy atom. The van der Waals surface area contributed by atoms with Gasteiger partial charge < -0.3 is 31.5 Å². The van der Waals surface area contributed by atoms with Crippen molar-refractivity contribution in [1.82, 2.24) is 10.3 Å². The van der Waals surface area contributed by atoms with Gasteiger partial charge in [0, 0.05) is 23.1 Å². The second kappa shape index (κ2) is 6.87. The predicted octanol–water partition coefficient (Wildman–Crippen LogP) is 0.560. The van der Waals surface area contributed by atoms with Crippen molar-refractivity contribution in [1.29, 1.82) is 0 Å². The minimum Gasteiger partial charge on any atom is -0.509 e. The molecule has 0 bridgehead atoms. The summed E-state index contributed by atoms with van der Waals surface area (Å²) < 4.78 is 0. The molecule has 176 valence electrons. The van der Waals surface area contributed by atoms with Crippen LogP contribution in [0.3, 0.4) is 0 Å². The first-order chi connectivity index (χ1) is 16.0. The van der Waals surface area contributed by atoms with E-state index in [1.807, 2.05) is 0 Å². The first-order valence-electron chi connectivity index (χ1n) is 10.8. The first-order valence-corrected chi connectivity index (χ1v) is 10.8. The molecule has 0 radical (unpaired) electrons. The number of hydrogen-bond acceptors (Lipinski definition) is 9. The van der Waals surface area contributed by atoms with E-state index in [2.05, 4.69) is 10.3 Å². The van der Waals surface area contributed by atoms with Gasteiger partial charge in [0.2, 0.25) is 11.6 Å². The van der Waals surface area contributed by atoms with Crippen molar-refractivity contribution in [3.8, 4) is 5.75 Å². The molecule has 1 saturated carbocycles. The minimum atomic E-state index is -2.75. The van der Waals surface area contributed by atoms with Crippen molar-refractivity contribution >= 4 is 34.1 Å². The number of benzene rings is 1. The molecule has 1 fully saturated rings. The number of primary amides is 1. The summed E-state index contributed by atoms with van der Waals surface area (Å²) in [6.45, 7) is 1.47. The largest absolute Gasteiger partial charge is 0.509 e. The fraction of sp³-hybridized carbons (Fsp3) is 0.333. The number of nitrogens with zero attached hydrogens (tertiary/aromatic N) is 1. The van der Waals surface area contributed by atoms with E-state index in [0.717, 1.165) is 0 Å². The van der Waals surface area contributed by atoms with E-state index in [-0.39, 0.29) is 29.7 Å². The molecular weight excluding hydrogens is 442 g/mol. The molecule has 0 spiro atoms. The number of Topliss-reactive ketones (excluding diaryl/α,β-unsaturated/α-hetero) is 2. The van der Waals surface area contributed by atoms with Crippen LogP contribution in [0.5, 0.6) is 5.75 Å². The number of nitrogens with two attached hydrogens (primary N) is 1. The molecule has 1 aromatic carbocycles. The number of aliphatic hydroxyl groups is 3. The van der Waals surface area contributed by atoms with Crippen LogP contribution in [-0.2, 0) is 20.8 Å². The number of fused-ring (bicyclic) bond motifs is 5. The zero-order valence-corrected chi connectivity index (χ0v) is 18.4. The summed E-state index contributed by atoms with van der Waals surface area (Å²) in [5.74, 6) is -6.98. The summed E-state index contributed by atoms with van der Waals surface area (Å²) in [4.78, 5) is 43.4.